The van der Waals surface area contributed by atoms with Gasteiger partial charge in [-0.1, -0.05) is 15.9 Å². The molecule has 0 N–H and O–H groups in total. The number of hydrogen-bond donors (Lipinski definition) is 0. The number of methoxy groups -OCH3 is 1. The van der Waals surface area contributed by atoms with Gasteiger partial charge in [0.05, 0.1) is 25.2 Å². The maximum atomic E-state index is 11.2. The number of rotatable bonds is 4. The molecular formula is C16H17BrO4. The van der Waals surface area contributed by atoms with Gasteiger partial charge in [0.1, 0.15) is 11.9 Å². The zero-order valence-corrected chi connectivity index (χ0v) is 13.4. The SMILES string of the molecule is COC(=O)CCCc1cc(Br)cc2c1OC1C[C@H]3O[C@H]3C21. The van der Waals surface area contributed by atoms with E-state index in [4.69, 9.17) is 9.47 Å². The van der Waals surface area contributed by atoms with Crippen LogP contribution in [0.15, 0.2) is 16.6 Å². The van der Waals surface area contributed by atoms with E-state index < -0.39 is 0 Å². The molecule has 0 amide bonds. The Balaban J connectivity index is 1.55. The van der Waals surface area contributed by atoms with Crippen LogP contribution >= 0.6 is 15.9 Å². The fourth-order valence-electron chi connectivity index (χ4n) is 3.67. The van der Waals surface area contributed by atoms with E-state index in [2.05, 4.69) is 32.8 Å². The lowest BCUT2D eigenvalue weighted by Gasteiger charge is -2.11. The summed E-state index contributed by atoms with van der Waals surface area (Å²) in [4.78, 5) is 11.2. The van der Waals surface area contributed by atoms with Crippen molar-refractivity contribution in [2.45, 2.75) is 49.9 Å². The molecule has 112 valence electrons. The molecule has 2 unspecified atom stereocenters. The van der Waals surface area contributed by atoms with Gasteiger partial charge < -0.3 is 14.2 Å². The third kappa shape index (κ3) is 2.27. The predicted molar refractivity (Wildman–Crippen MR) is 79.5 cm³/mol. The van der Waals surface area contributed by atoms with E-state index in [0.717, 1.165) is 29.5 Å². The Labute approximate surface area is 131 Å². The van der Waals surface area contributed by atoms with Crippen molar-refractivity contribution in [3.8, 4) is 5.75 Å². The maximum Gasteiger partial charge on any atom is 0.305 e. The molecular weight excluding hydrogens is 336 g/mol. The van der Waals surface area contributed by atoms with E-state index in [1.165, 1.54) is 18.2 Å². The Hall–Kier alpha value is -1.07. The molecule has 1 aliphatic carbocycles. The average molecular weight is 353 g/mol. The predicted octanol–water partition coefficient (Wildman–Crippen LogP) is 2.96. The third-order valence-corrected chi connectivity index (χ3v) is 5.14. The van der Waals surface area contributed by atoms with Crippen LogP contribution in [0.1, 0.15) is 36.3 Å². The second-order valence-electron chi connectivity index (χ2n) is 5.97. The minimum Gasteiger partial charge on any atom is -0.489 e. The smallest absolute Gasteiger partial charge is 0.305 e. The van der Waals surface area contributed by atoms with Crippen molar-refractivity contribution in [2.75, 3.05) is 7.11 Å². The summed E-state index contributed by atoms with van der Waals surface area (Å²) in [5.41, 5.74) is 2.45. The number of carbonyl (C=O) groups excluding carboxylic acids is 1. The lowest BCUT2D eigenvalue weighted by Crippen LogP contribution is -2.17. The minimum absolute atomic E-state index is 0.159. The molecule has 3 aliphatic rings. The summed E-state index contributed by atoms with van der Waals surface area (Å²) in [7, 11) is 1.43. The van der Waals surface area contributed by atoms with Crippen molar-refractivity contribution in [1.82, 2.24) is 0 Å². The Morgan fingerprint density at radius 1 is 1.43 bits per heavy atom. The first-order chi connectivity index (χ1) is 10.2. The Morgan fingerprint density at radius 2 is 2.29 bits per heavy atom. The number of fused-ring (bicyclic) bond motifs is 5. The van der Waals surface area contributed by atoms with Crippen molar-refractivity contribution < 1.29 is 19.0 Å². The second-order valence-corrected chi connectivity index (χ2v) is 6.89. The third-order valence-electron chi connectivity index (χ3n) is 4.68. The number of benzene rings is 1. The first-order valence-electron chi connectivity index (χ1n) is 7.38. The van der Waals surface area contributed by atoms with Gasteiger partial charge in [-0.15, -0.1) is 0 Å². The van der Waals surface area contributed by atoms with Crippen molar-refractivity contribution >= 4 is 21.9 Å². The van der Waals surface area contributed by atoms with Crippen molar-refractivity contribution in [3.05, 3.63) is 27.7 Å². The quantitative estimate of drug-likeness (QED) is 0.617. The highest BCUT2D eigenvalue weighted by atomic mass is 79.9. The second kappa shape index (κ2) is 4.99. The topological polar surface area (TPSA) is 48.1 Å². The molecule has 2 heterocycles. The molecule has 1 saturated carbocycles. The highest BCUT2D eigenvalue weighted by Gasteiger charge is 2.60. The largest absolute Gasteiger partial charge is 0.489 e. The number of aryl methyl sites for hydroxylation is 1. The van der Waals surface area contributed by atoms with Crippen LogP contribution in [0.2, 0.25) is 0 Å². The van der Waals surface area contributed by atoms with Crippen molar-refractivity contribution in [2.24, 2.45) is 0 Å². The van der Waals surface area contributed by atoms with Crippen LogP contribution in [-0.4, -0.2) is 31.4 Å². The highest BCUT2D eigenvalue weighted by molar-refractivity contribution is 9.10. The highest BCUT2D eigenvalue weighted by Crippen LogP contribution is 2.56. The van der Waals surface area contributed by atoms with Crippen LogP contribution in [0.5, 0.6) is 5.75 Å². The van der Waals surface area contributed by atoms with Gasteiger partial charge in [-0.05, 0) is 30.5 Å². The molecule has 0 spiro atoms. The van der Waals surface area contributed by atoms with Gasteiger partial charge in [0.15, 0.2) is 0 Å². The molecule has 4 rings (SSSR count). The summed E-state index contributed by atoms with van der Waals surface area (Å²) >= 11 is 3.59. The van der Waals surface area contributed by atoms with Crippen LogP contribution in [-0.2, 0) is 20.7 Å². The number of carbonyl (C=O) groups is 1. The van der Waals surface area contributed by atoms with Gasteiger partial charge in [0.2, 0.25) is 0 Å². The summed E-state index contributed by atoms with van der Waals surface area (Å²) in [5.74, 6) is 1.25. The number of epoxide rings is 1. The lowest BCUT2D eigenvalue weighted by molar-refractivity contribution is -0.140. The van der Waals surface area contributed by atoms with E-state index in [-0.39, 0.29) is 12.1 Å². The van der Waals surface area contributed by atoms with Crippen LogP contribution in [0.3, 0.4) is 0 Å². The van der Waals surface area contributed by atoms with E-state index in [1.54, 1.807) is 0 Å². The molecule has 0 radical (unpaired) electrons. The summed E-state index contributed by atoms with van der Waals surface area (Å²) in [6.07, 6.45) is 4.09. The molecule has 4 nitrogen and oxygen atoms in total. The Morgan fingerprint density at radius 3 is 3.10 bits per heavy atom. The molecule has 4 atom stereocenters. The first kappa shape index (κ1) is 13.6. The minimum atomic E-state index is -0.159. The maximum absolute atomic E-state index is 11.2. The van der Waals surface area contributed by atoms with Crippen LogP contribution in [0, 0.1) is 0 Å². The van der Waals surface area contributed by atoms with Gasteiger partial charge >= 0.3 is 5.97 Å². The van der Waals surface area contributed by atoms with Gasteiger partial charge in [-0.25, -0.2) is 0 Å². The van der Waals surface area contributed by atoms with E-state index in [0.29, 0.717) is 24.5 Å². The van der Waals surface area contributed by atoms with E-state index in [9.17, 15) is 4.79 Å². The summed E-state index contributed by atoms with van der Waals surface area (Å²) < 4.78 is 17.6. The number of ether oxygens (including phenoxy) is 3. The molecule has 0 aromatic heterocycles. The molecule has 1 aromatic carbocycles. The molecule has 2 aliphatic heterocycles. The summed E-state index contributed by atoms with van der Waals surface area (Å²) in [6, 6.07) is 4.26. The van der Waals surface area contributed by atoms with Crippen molar-refractivity contribution in [1.29, 1.82) is 0 Å². The zero-order valence-electron chi connectivity index (χ0n) is 11.8. The van der Waals surface area contributed by atoms with Crippen LogP contribution < -0.4 is 4.74 Å². The van der Waals surface area contributed by atoms with Gasteiger partial charge in [0.25, 0.3) is 0 Å². The van der Waals surface area contributed by atoms with E-state index >= 15 is 0 Å². The Bertz CT molecular complexity index is 600. The fourth-order valence-corrected chi connectivity index (χ4v) is 4.20. The zero-order chi connectivity index (χ0) is 14.6. The van der Waals surface area contributed by atoms with Gasteiger partial charge in [-0.3, -0.25) is 4.79 Å². The van der Waals surface area contributed by atoms with Crippen molar-refractivity contribution in [3.63, 3.8) is 0 Å². The lowest BCUT2D eigenvalue weighted by atomic mass is 9.94. The molecule has 0 bridgehead atoms. The standard InChI is InChI=1S/C16H17BrO4/c1-19-13(18)4-2-3-8-5-9(17)6-10-14-11(20-15(8)10)7-12-16(14)21-12/h5-6,11-12,14,16H,2-4,7H2,1H3/t11?,12-,14?,16-/m1/s1. The normalized spacial score (nSPS) is 31.1. The van der Waals surface area contributed by atoms with Gasteiger partial charge in [0, 0.05) is 22.9 Å². The number of hydrogen-bond acceptors (Lipinski definition) is 4. The molecule has 1 aromatic rings. The number of halogens is 1. The molecule has 2 fully saturated rings. The average Bonchev–Trinajstić information content (AvgIpc) is 2.97. The number of esters is 1. The van der Waals surface area contributed by atoms with E-state index in [1.807, 2.05) is 0 Å². The van der Waals surface area contributed by atoms with Crippen LogP contribution in [0.25, 0.3) is 0 Å². The first-order valence-corrected chi connectivity index (χ1v) is 8.18. The fraction of sp³-hybridized carbons (Fsp3) is 0.562. The molecule has 5 heteroatoms. The monoisotopic (exact) mass is 352 g/mol. The summed E-state index contributed by atoms with van der Waals surface area (Å²) in [6.45, 7) is 0. The van der Waals surface area contributed by atoms with Gasteiger partial charge in [-0.2, -0.15) is 0 Å². The molecule has 21 heavy (non-hydrogen) atoms. The summed E-state index contributed by atoms with van der Waals surface area (Å²) in [5, 5.41) is 0. The Kier molecular flexibility index (Phi) is 3.23. The molecule has 1 saturated heterocycles. The van der Waals surface area contributed by atoms with Crippen LogP contribution in [0.4, 0.5) is 0 Å².